The van der Waals surface area contributed by atoms with Crippen molar-refractivity contribution in [3.8, 4) is 17.2 Å². The van der Waals surface area contributed by atoms with Crippen molar-refractivity contribution in [2.24, 2.45) is 7.05 Å². The van der Waals surface area contributed by atoms with Gasteiger partial charge in [-0.1, -0.05) is 30.3 Å². The van der Waals surface area contributed by atoms with Crippen LogP contribution in [0, 0.1) is 0 Å². The number of aromatic nitrogens is 3. The highest BCUT2D eigenvalue weighted by Gasteiger charge is 2.30. The number of likely N-dealkylation sites (tertiary alicyclic amines) is 1. The number of carbonyl (C=O) groups is 1. The van der Waals surface area contributed by atoms with E-state index in [9.17, 15) is 9.59 Å². The second-order valence-corrected chi connectivity index (χ2v) is 7.55. The number of methoxy groups -OCH3 is 1. The van der Waals surface area contributed by atoms with E-state index >= 15 is 0 Å². The third-order valence-electron chi connectivity index (χ3n) is 5.52. The lowest BCUT2D eigenvalue weighted by Gasteiger charge is -2.32. The lowest BCUT2D eigenvalue weighted by molar-refractivity contribution is -0.134. The molecule has 8 nitrogen and oxygen atoms in total. The molecule has 0 radical (unpaired) electrons. The van der Waals surface area contributed by atoms with Crippen LogP contribution in [0.1, 0.15) is 24.6 Å². The molecule has 1 atom stereocenters. The quantitative estimate of drug-likeness (QED) is 0.609. The number of para-hydroxylation sites is 3. The molecule has 0 N–H and O–H groups in total. The molecule has 1 fully saturated rings. The Balaban J connectivity index is 1.50. The maximum Gasteiger partial charge on any atom is 0.350 e. The SMILES string of the molecule is COc1ccccc1OCC(=O)N1CCCC(c2nn(C)c(=O)n2-c2ccccc2)C1. The zero-order chi connectivity index (χ0) is 21.8. The molecule has 1 amide bonds. The summed E-state index contributed by atoms with van der Waals surface area (Å²) in [5, 5.41) is 4.50. The fraction of sp³-hybridized carbons (Fsp3) is 0.348. The number of rotatable bonds is 6. The van der Waals surface area contributed by atoms with Crippen LogP contribution in [0.25, 0.3) is 5.69 Å². The Morgan fingerprint density at radius 3 is 2.55 bits per heavy atom. The summed E-state index contributed by atoms with van der Waals surface area (Å²) in [5.74, 6) is 1.68. The van der Waals surface area contributed by atoms with Crippen molar-refractivity contribution in [1.29, 1.82) is 0 Å². The van der Waals surface area contributed by atoms with Crippen LogP contribution < -0.4 is 15.2 Å². The first-order chi connectivity index (χ1) is 15.1. The summed E-state index contributed by atoms with van der Waals surface area (Å²) in [7, 11) is 3.22. The molecule has 1 unspecified atom stereocenters. The molecule has 0 saturated carbocycles. The van der Waals surface area contributed by atoms with Gasteiger partial charge >= 0.3 is 5.69 Å². The third-order valence-corrected chi connectivity index (χ3v) is 5.52. The van der Waals surface area contributed by atoms with Crippen molar-refractivity contribution < 1.29 is 14.3 Å². The largest absolute Gasteiger partial charge is 0.493 e. The van der Waals surface area contributed by atoms with E-state index in [1.165, 1.54) is 4.68 Å². The van der Waals surface area contributed by atoms with Crippen LogP contribution in [0.3, 0.4) is 0 Å². The number of hydrogen-bond acceptors (Lipinski definition) is 5. The molecule has 1 saturated heterocycles. The number of hydrogen-bond donors (Lipinski definition) is 0. The predicted molar refractivity (Wildman–Crippen MR) is 116 cm³/mol. The van der Waals surface area contributed by atoms with Crippen LogP contribution in [0.4, 0.5) is 0 Å². The molecule has 3 aromatic rings. The van der Waals surface area contributed by atoms with E-state index in [-0.39, 0.29) is 24.1 Å². The van der Waals surface area contributed by atoms with Crippen molar-refractivity contribution in [3.05, 3.63) is 70.9 Å². The minimum Gasteiger partial charge on any atom is -0.493 e. The van der Waals surface area contributed by atoms with Gasteiger partial charge in [0.05, 0.1) is 12.8 Å². The first kappa shape index (κ1) is 20.7. The third kappa shape index (κ3) is 4.33. The Labute approximate surface area is 180 Å². The standard InChI is InChI=1S/C23H26N4O4/c1-25-23(29)27(18-10-4-3-5-11-18)22(24-25)17-9-8-14-26(15-17)21(28)16-31-20-13-7-6-12-19(20)30-2/h3-7,10-13,17H,8-9,14-16H2,1-2H3. The van der Waals surface area contributed by atoms with Crippen LogP contribution >= 0.6 is 0 Å². The van der Waals surface area contributed by atoms with E-state index in [2.05, 4.69) is 5.10 Å². The van der Waals surface area contributed by atoms with Crippen LogP contribution in [0.15, 0.2) is 59.4 Å². The molecular formula is C23H26N4O4. The number of carbonyl (C=O) groups excluding carboxylic acids is 1. The maximum atomic E-state index is 12.8. The average Bonchev–Trinajstić information content (AvgIpc) is 3.12. The summed E-state index contributed by atoms with van der Waals surface area (Å²) >= 11 is 0. The van der Waals surface area contributed by atoms with Gasteiger partial charge in [0, 0.05) is 26.1 Å². The summed E-state index contributed by atoms with van der Waals surface area (Å²) in [6.45, 7) is 1.09. The first-order valence-electron chi connectivity index (χ1n) is 10.3. The fourth-order valence-corrected chi connectivity index (χ4v) is 3.95. The fourth-order valence-electron chi connectivity index (χ4n) is 3.95. The summed E-state index contributed by atoms with van der Waals surface area (Å²) in [4.78, 5) is 27.3. The normalized spacial score (nSPS) is 16.2. The molecule has 0 spiro atoms. The van der Waals surface area contributed by atoms with Gasteiger partial charge in [-0.15, -0.1) is 0 Å². The van der Waals surface area contributed by atoms with Crippen molar-refractivity contribution in [2.45, 2.75) is 18.8 Å². The van der Waals surface area contributed by atoms with E-state index in [0.29, 0.717) is 30.4 Å². The van der Waals surface area contributed by atoms with Crippen LogP contribution in [-0.4, -0.2) is 52.0 Å². The number of aryl methyl sites for hydroxylation is 1. The maximum absolute atomic E-state index is 12.8. The molecule has 2 heterocycles. The lowest BCUT2D eigenvalue weighted by Crippen LogP contribution is -2.42. The number of amides is 1. The van der Waals surface area contributed by atoms with Gasteiger partial charge in [0.25, 0.3) is 5.91 Å². The Bertz CT molecular complexity index is 1110. The Morgan fingerprint density at radius 1 is 1.10 bits per heavy atom. The molecule has 2 aromatic carbocycles. The smallest absolute Gasteiger partial charge is 0.350 e. The topological polar surface area (TPSA) is 78.6 Å². The number of ether oxygens (including phenoxy) is 2. The highest BCUT2D eigenvalue weighted by Crippen LogP contribution is 2.28. The van der Waals surface area contributed by atoms with Gasteiger partial charge in [0.1, 0.15) is 5.82 Å². The summed E-state index contributed by atoms with van der Waals surface area (Å²) in [5.41, 5.74) is 0.586. The lowest BCUT2D eigenvalue weighted by atomic mass is 9.97. The van der Waals surface area contributed by atoms with Crippen LogP contribution in [0.5, 0.6) is 11.5 Å². The Hall–Kier alpha value is -3.55. The molecule has 31 heavy (non-hydrogen) atoms. The van der Waals surface area contributed by atoms with Crippen LogP contribution in [0.2, 0.25) is 0 Å². The Kier molecular flexibility index (Phi) is 6.06. The number of nitrogens with zero attached hydrogens (tertiary/aromatic N) is 4. The minimum absolute atomic E-state index is 0.0296. The minimum atomic E-state index is -0.191. The molecule has 0 aliphatic carbocycles. The summed E-state index contributed by atoms with van der Waals surface area (Å²) < 4.78 is 14.0. The zero-order valence-corrected chi connectivity index (χ0v) is 17.7. The van der Waals surface area contributed by atoms with Gasteiger partial charge in [-0.05, 0) is 37.1 Å². The van der Waals surface area contributed by atoms with E-state index < -0.39 is 0 Å². The average molecular weight is 422 g/mol. The molecule has 4 rings (SSSR count). The van der Waals surface area contributed by atoms with Crippen molar-refractivity contribution in [1.82, 2.24) is 19.2 Å². The van der Waals surface area contributed by atoms with Gasteiger partial charge in [0.2, 0.25) is 0 Å². The Morgan fingerprint density at radius 2 is 1.81 bits per heavy atom. The van der Waals surface area contributed by atoms with Gasteiger partial charge in [-0.2, -0.15) is 5.10 Å². The van der Waals surface area contributed by atoms with Gasteiger partial charge in [-0.3, -0.25) is 4.79 Å². The van der Waals surface area contributed by atoms with E-state index in [1.807, 2.05) is 42.5 Å². The van der Waals surface area contributed by atoms with E-state index in [0.717, 1.165) is 18.5 Å². The highest BCUT2D eigenvalue weighted by molar-refractivity contribution is 5.78. The van der Waals surface area contributed by atoms with Crippen molar-refractivity contribution >= 4 is 5.91 Å². The molecule has 162 valence electrons. The summed E-state index contributed by atoms with van der Waals surface area (Å²) in [6.07, 6.45) is 1.70. The van der Waals surface area contributed by atoms with E-state index in [4.69, 9.17) is 9.47 Å². The predicted octanol–water partition coefficient (Wildman–Crippen LogP) is 2.36. The molecule has 1 aliphatic rings. The monoisotopic (exact) mass is 422 g/mol. The van der Waals surface area contributed by atoms with Crippen molar-refractivity contribution in [3.63, 3.8) is 0 Å². The second-order valence-electron chi connectivity index (χ2n) is 7.55. The molecule has 1 aromatic heterocycles. The number of benzene rings is 2. The van der Waals surface area contributed by atoms with Crippen molar-refractivity contribution in [2.75, 3.05) is 26.8 Å². The second kappa shape index (κ2) is 9.07. The molecule has 8 heteroatoms. The van der Waals surface area contributed by atoms with E-state index in [1.54, 1.807) is 35.8 Å². The highest BCUT2D eigenvalue weighted by atomic mass is 16.5. The molecule has 1 aliphatic heterocycles. The zero-order valence-electron chi connectivity index (χ0n) is 17.7. The molecular weight excluding hydrogens is 396 g/mol. The van der Waals surface area contributed by atoms with Crippen LogP contribution in [-0.2, 0) is 11.8 Å². The van der Waals surface area contributed by atoms with Gasteiger partial charge < -0.3 is 14.4 Å². The summed E-state index contributed by atoms with van der Waals surface area (Å²) in [6, 6.07) is 16.7. The van der Waals surface area contributed by atoms with Gasteiger partial charge in [-0.25, -0.2) is 14.0 Å². The number of piperidine rings is 1. The van der Waals surface area contributed by atoms with Gasteiger partial charge in [0.15, 0.2) is 18.1 Å². The first-order valence-corrected chi connectivity index (χ1v) is 10.3. The molecule has 0 bridgehead atoms.